The van der Waals surface area contributed by atoms with Gasteiger partial charge in [-0.2, -0.15) is 4.80 Å². The second-order valence-corrected chi connectivity index (χ2v) is 3.95. The highest BCUT2D eigenvalue weighted by Gasteiger charge is 2.14. The maximum atomic E-state index is 5.42. The molecule has 7 nitrogen and oxygen atoms in total. The lowest BCUT2D eigenvalue weighted by Crippen LogP contribution is -2.12. The molecule has 0 aliphatic carbocycles. The van der Waals surface area contributed by atoms with Gasteiger partial charge < -0.3 is 15.2 Å². The van der Waals surface area contributed by atoms with Crippen LogP contribution in [0.4, 0.5) is 0 Å². The summed E-state index contributed by atoms with van der Waals surface area (Å²) in [4.78, 5) is 1.50. The molecule has 2 heterocycles. The number of nitrogens with two attached hydrogens (primary N) is 1. The van der Waals surface area contributed by atoms with E-state index < -0.39 is 0 Å². The molecule has 0 amide bonds. The van der Waals surface area contributed by atoms with Crippen molar-refractivity contribution in [1.29, 1.82) is 0 Å². The largest absolute Gasteiger partial charge is 0.454 e. The van der Waals surface area contributed by atoms with Crippen molar-refractivity contribution in [3.05, 3.63) is 29.6 Å². The monoisotopic (exact) mass is 247 g/mol. The number of nitrogens with zero attached hydrogens (tertiary/aromatic N) is 4. The topological polar surface area (TPSA) is 88.1 Å². The van der Waals surface area contributed by atoms with Crippen molar-refractivity contribution in [1.82, 2.24) is 20.2 Å². The van der Waals surface area contributed by atoms with E-state index in [0.29, 0.717) is 25.3 Å². The Morgan fingerprint density at radius 3 is 3.06 bits per heavy atom. The average Bonchev–Trinajstić information content (AvgIpc) is 2.98. The first-order valence-corrected chi connectivity index (χ1v) is 5.70. The molecule has 94 valence electrons. The Bertz CT molecular complexity index is 554. The van der Waals surface area contributed by atoms with Crippen LogP contribution in [0, 0.1) is 0 Å². The molecule has 0 fully saturated rings. The van der Waals surface area contributed by atoms with Crippen LogP contribution in [0.3, 0.4) is 0 Å². The molecule has 1 aliphatic rings. The SMILES string of the molecule is NCCn1nnc(Cc2ccc3c(c2)OCO3)n1. The average molecular weight is 247 g/mol. The highest BCUT2D eigenvalue weighted by molar-refractivity contribution is 5.44. The molecule has 0 atom stereocenters. The van der Waals surface area contributed by atoms with Gasteiger partial charge in [0.15, 0.2) is 17.3 Å². The third-order valence-corrected chi connectivity index (χ3v) is 2.62. The number of aromatic nitrogens is 4. The van der Waals surface area contributed by atoms with Gasteiger partial charge in [0.05, 0.1) is 6.54 Å². The quantitative estimate of drug-likeness (QED) is 0.815. The van der Waals surface area contributed by atoms with Crippen LogP contribution >= 0.6 is 0 Å². The zero-order chi connectivity index (χ0) is 12.4. The molecule has 18 heavy (non-hydrogen) atoms. The van der Waals surface area contributed by atoms with E-state index in [0.717, 1.165) is 17.1 Å². The van der Waals surface area contributed by atoms with Crippen molar-refractivity contribution < 1.29 is 9.47 Å². The lowest BCUT2D eigenvalue weighted by molar-refractivity contribution is 0.174. The van der Waals surface area contributed by atoms with Gasteiger partial charge in [-0.1, -0.05) is 6.07 Å². The van der Waals surface area contributed by atoms with Gasteiger partial charge in [-0.15, -0.1) is 10.2 Å². The van der Waals surface area contributed by atoms with E-state index in [1.165, 1.54) is 4.80 Å². The molecule has 2 aromatic rings. The first-order chi connectivity index (χ1) is 8.85. The second-order valence-electron chi connectivity index (χ2n) is 3.95. The standard InChI is InChI=1S/C11H13N5O2/c12-3-4-16-14-11(13-15-16)6-8-1-2-9-10(5-8)18-7-17-9/h1-2,5H,3-4,6-7,12H2. The number of benzene rings is 1. The smallest absolute Gasteiger partial charge is 0.231 e. The molecular weight excluding hydrogens is 234 g/mol. The number of fused-ring (bicyclic) bond motifs is 1. The third kappa shape index (κ3) is 2.12. The van der Waals surface area contributed by atoms with E-state index in [4.69, 9.17) is 15.2 Å². The molecule has 0 bridgehead atoms. The summed E-state index contributed by atoms with van der Waals surface area (Å²) < 4.78 is 10.6. The van der Waals surface area contributed by atoms with Gasteiger partial charge in [0.25, 0.3) is 0 Å². The fraction of sp³-hybridized carbons (Fsp3) is 0.364. The molecule has 1 aliphatic heterocycles. The summed E-state index contributed by atoms with van der Waals surface area (Å²) in [5.74, 6) is 2.21. The van der Waals surface area contributed by atoms with Crippen molar-refractivity contribution in [2.45, 2.75) is 13.0 Å². The van der Waals surface area contributed by atoms with Gasteiger partial charge in [-0.3, -0.25) is 0 Å². The number of ether oxygens (including phenoxy) is 2. The van der Waals surface area contributed by atoms with Crippen LogP contribution in [0.2, 0.25) is 0 Å². The molecular formula is C11H13N5O2. The van der Waals surface area contributed by atoms with E-state index >= 15 is 0 Å². The summed E-state index contributed by atoms with van der Waals surface area (Å²) in [6.07, 6.45) is 0.612. The predicted octanol–water partition coefficient (Wildman–Crippen LogP) is -0.0487. The minimum atomic E-state index is 0.281. The van der Waals surface area contributed by atoms with E-state index in [1.807, 2.05) is 18.2 Å². The Balaban J connectivity index is 1.75. The van der Waals surface area contributed by atoms with E-state index in [1.54, 1.807) is 0 Å². The summed E-state index contributed by atoms with van der Waals surface area (Å²) in [5, 5.41) is 12.1. The third-order valence-electron chi connectivity index (χ3n) is 2.62. The maximum Gasteiger partial charge on any atom is 0.231 e. The van der Waals surface area contributed by atoms with Crippen LogP contribution in [0.1, 0.15) is 11.4 Å². The Kier molecular flexibility index (Phi) is 2.81. The zero-order valence-corrected chi connectivity index (χ0v) is 9.74. The normalized spacial score (nSPS) is 12.9. The summed E-state index contributed by atoms with van der Waals surface area (Å²) in [6, 6.07) is 5.80. The summed E-state index contributed by atoms with van der Waals surface area (Å²) in [6.45, 7) is 1.36. The number of hydrogen-bond acceptors (Lipinski definition) is 6. The van der Waals surface area contributed by atoms with E-state index in [2.05, 4.69) is 15.4 Å². The summed E-state index contributed by atoms with van der Waals surface area (Å²) in [7, 11) is 0. The Morgan fingerprint density at radius 1 is 1.28 bits per heavy atom. The summed E-state index contributed by atoms with van der Waals surface area (Å²) in [5.41, 5.74) is 6.49. The molecule has 0 spiro atoms. The highest BCUT2D eigenvalue weighted by atomic mass is 16.7. The molecule has 0 radical (unpaired) electrons. The van der Waals surface area contributed by atoms with Crippen molar-refractivity contribution in [2.24, 2.45) is 5.73 Å². The fourth-order valence-corrected chi connectivity index (χ4v) is 1.79. The minimum Gasteiger partial charge on any atom is -0.454 e. The first-order valence-electron chi connectivity index (χ1n) is 5.70. The molecule has 1 aromatic carbocycles. The van der Waals surface area contributed by atoms with Crippen molar-refractivity contribution >= 4 is 0 Å². The predicted molar refractivity (Wildman–Crippen MR) is 62.2 cm³/mol. The van der Waals surface area contributed by atoms with Crippen molar-refractivity contribution in [3.8, 4) is 11.5 Å². The Morgan fingerprint density at radius 2 is 2.17 bits per heavy atom. The lowest BCUT2D eigenvalue weighted by Gasteiger charge is -1.99. The molecule has 2 N–H and O–H groups in total. The fourth-order valence-electron chi connectivity index (χ4n) is 1.79. The second kappa shape index (κ2) is 4.61. The molecule has 0 saturated carbocycles. The number of rotatable bonds is 4. The lowest BCUT2D eigenvalue weighted by atomic mass is 10.1. The number of tetrazole rings is 1. The van der Waals surface area contributed by atoms with Gasteiger partial charge in [0.1, 0.15) is 0 Å². The van der Waals surface area contributed by atoms with Crippen molar-refractivity contribution in [2.75, 3.05) is 13.3 Å². The molecule has 3 rings (SSSR count). The Hall–Kier alpha value is -2.15. The van der Waals surface area contributed by atoms with Crippen LogP contribution in [0.5, 0.6) is 11.5 Å². The van der Waals surface area contributed by atoms with Crippen LogP contribution in [-0.2, 0) is 13.0 Å². The van der Waals surface area contributed by atoms with Crippen LogP contribution in [0.25, 0.3) is 0 Å². The highest BCUT2D eigenvalue weighted by Crippen LogP contribution is 2.32. The molecule has 0 unspecified atom stereocenters. The molecule has 1 aromatic heterocycles. The van der Waals surface area contributed by atoms with Crippen LogP contribution in [0.15, 0.2) is 18.2 Å². The van der Waals surface area contributed by atoms with Gasteiger partial charge in [-0.25, -0.2) is 0 Å². The van der Waals surface area contributed by atoms with Crippen molar-refractivity contribution in [3.63, 3.8) is 0 Å². The van der Waals surface area contributed by atoms with Gasteiger partial charge in [-0.05, 0) is 22.9 Å². The molecule has 0 saturated heterocycles. The zero-order valence-electron chi connectivity index (χ0n) is 9.74. The molecule has 7 heteroatoms. The minimum absolute atomic E-state index is 0.281. The summed E-state index contributed by atoms with van der Waals surface area (Å²) >= 11 is 0. The Labute approximate surface area is 103 Å². The number of hydrogen-bond donors (Lipinski definition) is 1. The maximum absolute atomic E-state index is 5.42. The van der Waals surface area contributed by atoms with Crippen LogP contribution < -0.4 is 15.2 Å². The van der Waals surface area contributed by atoms with E-state index in [9.17, 15) is 0 Å². The first kappa shape index (κ1) is 11.0. The van der Waals surface area contributed by atoms with Gasteiger partial charge >= 0.3 is 0 Å². The van der Waals surface area contributed by atoms with Crippen LogP contribution in [-0.4, -0.2) is 33.5 Å². The van der Waals surface area contributed by atoms with Gasteiger partial charge in [0, 0.05) is 13.0 Å². The van der Waals surface area contributed by atoms with E-state index in [-0.39, 0.29) is 6.79 Å². The van der Waals surface area contributed by atoms with Gasteiger partial charge in [0.2, 0.25) is 6.79 Å².